The van der Waals surface area contributed by atoms with Gasteiger partial charge in [-0.05, 0) is 31.5 Å². The normalized spacial score (nSPS) is 11.2. The molecule has 4 aromatic rings. The van der Waals surface area contributed by atoms with E-state index in [1.54, 1.807) is 29.2 Å². The van der Waals surface area contributed by atoms with E-state index in [0.29, 0.717) is 41.5 Å². The lowest BCUT2D eigenvalue weighted by molar-refractivity contribution is -0.118. The maximum Gasteiger partial charge on any atom is 0.229 e. The molecule has 0 radical (unpaired) electrons. The monoisotopic (exact) mass is 472 g/mol. The molecule has 2 aromatic heterocycles. The molecular formula is C23H22F2N4OS2. The molecule has 5 nitrogen and oxygen atoms in total. The van der Waals surface area contributed by atoms with E-state index >= 15 is 0 Å². The number of aromatic nitrogens is 3. The number of anilines is 1. The third-order valence-corrected chi connectivity index (χ3v) is 6.94. The number of amides is 1. The number of hydrogen-bond donors (Lipinski definition) is 0. The average molecular weight is 473 g/mol. The first-order valence-corrected chi connectivity index (χ1v) is 12.0. The number of imidazole rings is 1. The van der Waals surface area contributed by atoms with E-state index in [1.807, 2.05) is 42.0 Å². The SMILES string of the molecule is Cc1ccc(SCCC(=O)N(CCCn2ccnc2)c2nc3c(F)cc(F)cc3s2)cc1. The Hall–Kier alpha value is -2.78. The van der Waals surface area contributed by atoms with E-state index in [9.17, 15) is 13.6 Å². The number of thioether (sulfide) groups is 1. The van der Waals surface area contributed by atoms with Gasteiger partial charge in [-0.1, -0.05) is 29.0 Å². The maximum atomic E-state index is 14.2. The summed E-state index contributed by atoms with van der Waals surface area (Å²) in [6.07, 6.45) is 6.28. The first kappa shape index (κ1) is 22.4. The standard InChI is InChI=1S/C23H22F2N4OS2/c1-16-3-5-18(6-4-16)31-12-7-21(30)29(10-2-9-28-11-8-26-15-28)23-27-22-19(25)13-17(24)14-20(22)32-23/h3-6,8,11,13-15H,2,7,9-10,12H2,1H3. The lowest BCUT2D eigenvalue weighted by atomic mass is 10.2. The molecule has 0 aliphatic rings. The van der Waals surface area contributed by atoms with Crippen LogP contribution in [0.4, 0.5) is 13.9 Å². The summed E-state index contributed by atoms with van der Waals surface area (Å²) in [5.41, 5.74) is 1.28. The number of carbonyl (C=O) groups excluding carboxylic acids is 1. The predicted octanol–water partition coefficient (Wildman–Crippen LogP) is 5.69. The largest absolute Gasteiger partial charge is 0.337 e. The van der Waals surface area contributed by atoms with Crippen molar-refractivity contribution in [2.75, 3.05) is 17.2 Å². The summed E-state index contributed by atoms with van der Waals surface area (Å²) in [5, 5.41) is 0.389. The van der Waals surface area contributed by atoms with Gasteiger partial charge in [0.25, 0.3) is 0 Å². The van der Waals surface area contributed by atoms with Gasteiger partial charge in [-0.3, -0.25) is 9.69 Å². The Morgan fingerprint density at radius 2 is 2.03 bits per heavy atom. The molecule has 0 aliphatic carbocycles. The fraction of sp³-hybridized carbons (Fsp3) is 0.261. The Bertz CT molecular complexity index is 1190. The molecule has 0 spiro atoms. The van der Waals surface area contributed by atoms with Crippen molar-refractivity contribution in [2.45, 2.75) is 31.2 Å². The number of halogens is 2. The van der Waals surface area contributed by atoms with Gasteiger partial charge in [0, 0.05) is 48.6 Å². The molecule has 0 saturated carbocycles. The van der Waals surface area contributed by atoms with Crippen LogP contribution in [0.1, 0.15) is 18.4 Å². The van der Waals surface area contributed by atoms with E-state index in [-0.39, 0.29) is 11.4 Å². The summed E-state index contributed by atoms with van der Waals surface area (Å²) in [6.45, 7) is 3.15. The van der Waals surface area contributed by atoms with Crippen molar-refractivity contribution in [1.82, 2.24) is 14.5 Å². The van der Waals surface area contributed by atoms with Gasteiger partial charge >= 0.3 is 0 Å². The summed E-state index contributed by atoms with van der Waals surface area (Å²) in [6, 6.07) is 10.2. The Morgan fingerprint density at radius 3 is 2.78 bits per heavy atom. The second-order valence-electron chi connectivity index (χ2n) is 7.34. The molecule has 1 amide bonds. The summed E-state index contributed by atoms with van der Waals surface area (Å²) in [4.78, 5) is 24.1. The number of hydrogen-bond acceptors (Lipinski definition) is 5. The maximum absolute atomic E-state index is 14.2. The van der Waals surface area contributed by atoms with Crippen LogP contribution >= 0.6 is 23.1 Å². The van der Waals surface area contributed by atoms with Crippen molar-refractivity contribution in [3.8, 4) is 0 Å². The molecule has 0 bridgehead atoms. The molecule has 0 unspecified atom stereocenters. The molecular weight excluding hydrogens is 450 g/mol. The van der Waals surface area contributed by atoms with E-state index < -0.39 is 11.6 Å². The van der Waals surface area contributed by atoms with Gasteiger partial charge in [-0.2, -0.15) is 0 Å². The van der Waals surface area contributed by atoms with Gasteiger partial charge in [0.1, 0.15) is 11.3 Å². The molecule has 0 saturated heterocycles. The van der Waals surface area contributed by atoms with E-state index in [0.717, 1.165) is 22.3 Å². The van der Waals surface area contributed by atoms with Crippen LogP contribution in [0.3, 0.4) is 0 Å². The van der Waals surface area contributed by atoms with Crippen molar-refractivity contribution in [2.24, 2.45) is 0 Å². The predicted molar refractivity (Wildman–Crippen MR) is 125 cm³/mol. The minimum Gasteiger partial charge on any atom is -0.337 e. The quantitative estimate of drug-likeness (QED) is 0.294. The van der Waals surface area contributed by atoms with Crippen LogP contribution in [0.2, 0.25) is 0 Å². The number of benzene rings is 2. The lowest BCUT2D eigenvalue weighted by Crippen LogP contribution is -2.32. The van der Waals surface area contributed by atoms with Gasteiger partial charge in [-0.15, -0.1) is 11.8 Å². The zero-order valence-electron chi connectivity index (χ0n) is 17.5. The molecule has 32 heavy (non-hydrogen) atoms. The van der Waals surface area contributed by atoms with Gasteiger partial charge in [0.2, 0.25) is 5.91 Å². The second-order valence-corrected chi connectivity index (χ2v) is 9.52. The Kier molecular flexibility index (Phi) is 7.16. The summed E-state index contributed by atoms with van der Waals surface area (Å²) in [7, 11) is 0. The highest BCUT2D eigenvalue weighted by molar-refractivity contribution is 7.99. The van der Waals surface area contributed by atoms with Crippen LogP contribution in [0, 0.1) is 18.6 Å². The summed E-state index contributed by atoms with van der Waals surface area (Å²) in [5.74, 6) is -0.843. The van der Waals surface area contributed by atoms with Gasteiger partial charge in [0.15, 0.2) is 10.9 Å². The van der Waals surface area contributed by atoms with Crippen LogP contribution in [0.5, 0.6) is 0 Å². The Morgan fingerprint density at radius 1 is 1.22 bits per heavy atom. The molecule has 0 N–H and O–H groups in total. The van der Waals surface area contributed by atoms with Crippen LogP contribution in [-0.2, 0) is 11.3 Å². The topological polar surface area (TPSA) is 51.0 Å². The zero-order chi connectivity index (χ0) is 22.5. The van der Waals surface area contributed by atoms with E-state index in [4.69, 9.17) is 0 Å². The van der Waals surface area contributed by atoms with Gasteiger partial charge in [0.05, 0.1) is 11.0 Å². The fourth-order valence-corrected chi connectivity index (χ4v) is 5.13. The first-order valence-electron chi connectivity index (χ1n) is 10.2. The highest BCUT2D eigenvalue weighted by Crippen LogP contribution is 2.32. The molecule has 0 fully saturated rings. The summed E-state index contributed by atoms with van der Waals surface area (Å²) >= 11 is 2.74. The smallest absolute Gasteiger partial charge is 0.229 e. The molecule has 0 aliphatic heterocycles. The van der Waals surface area contributed by atoms with E-state index in [2.05, 4.69) is 9.97 Å². The average Bonchev–Trinajstić information content (AvgIpc) is 3.42. The van der Waals surface area contributed by atoms with E-state index in [1.165, 1.54) is 11.6 Å². The van der Waals surface area contributed by atoms with Crippen molar-refractivity contribution < 1.29 is 13.6 Å². The number of aryl methyl sites for hydroxylation is 2. The minimum absolute atomic E-state index is 0.0878. The van der Waals surface area contributed by atoms with Crippen molar-refractivity contribution in [3.05, 3.63) is 72.3 Å². The molecule has 9 heteroatoms. The number of thiazole rings is 1. The molecule has 4 rings (SSSR count). The number of nitrogens with zero attached hydrogens (tertiary/aromatic N) is 4. The number of fused-ring (bicyclic) bond motifs is 1. The third-order valence-electron chi connectivity index (χ3n) is 4.90. The highest BCUT2D eigenvalue weighted by Gasteiger charge is 2.21. The highest BCUT2D eigenvalue weighted by atomic mass is 32.2. The van der Waals surface area contributed by atoms with Crippen LogP contribution < -0.4 is 4.90 Å². The molecule has 166 valence electrons. The third kappa shape index (κ3) is 5.52. The van der Waals surface area contributed by atoms with Gasteiger partial charge in [-0.25, -0.2) is 18.7 Å². The van der Waals surface area contributed by atoms with Crippen molar-refractivity contribution in [1.29, 1.82) is 0 Å². The van der Waals surface area contributed by atoms with Crippen molar-refractivity contribution in [3.63, 3.8) is 0 Å². The van der Waals surface area contributed by atoms with Crippen LogP contribution in [0.15, 0.2) is 60.0 Å². The zero-order valence-corrected chi connectivity index (χ0v) is 19.1. The van der Waals surface area contributed by atoms with Crippen molar-refractivity contribution >= 4 is 44.4 Å². The Balaban J connectivity index is 1.48. The Labute approximate surface area is 193 Å². The summed E-state index contributed by atoms with van der Waals surface area (Å²) < 4.78 is 30.1. The second kappa shape index (κ2) is 10.2. The van der Waals surface area contributed by atoms with Gasteiger partial charge < -0.3 is 4.57 Å². The van der Waals surface area contributed by atoms with Crippen LogP contribution in [0.25, 0.3) is 10.2 Å². The minimum atomic E-state index is -0.719. The van der Waals surface area contributed by atoms with Crippen LogP contribution in [-0.4, -0.2) is 32.7 Å². The lowest BCUT2D eigenvalue weighted by Gasteiger charge is -2.20. The number of carbonyl (C=O) groups is 1. The fourth-order valence-electron chi connectivity index (χ4n) is 3.24. The first-order chi connectivity index (χ1) is 15.5. The number of rotatable bonds is 9. The molecule has 2 heterocycles. The molecule has 2 aromatic carbocycles. The molecule has 0 atom stereocenters.